The first-order valence-electron chi connectivity index (χ1n) is 5.39. The highest BCUT2D eigenvalue weighted by Crippen LogP contribution is 2.31. The molecule has 0 fully saturated rings. The zero-order chi connectivity index (χ0) is 13.7. The summed E-state index contributed by atoms with van der Waals surface area (Å²) in [6, 6.07) is 2.77. The Balaban J connectivity index is 3.22. The van der Waals surface area contributed by atoms with E-state index in [1.54, 1.807) is 0 Å². The number of benzene rings is 1. The topological polar surface area (TPSA) is 86.6 Å². The van der Waals surface area contributed by atoms with Gasteiger partial charge in [0.25, 0.3) is 0 Å². The van der Waals surface area contributed by atoms with Crippen LogP contribution in [0.4, 0.5) is 5.69 Å². The third-order valence-corrected chi connectivity index (χ3v) is 2.95. The van der Waals surface area contributed by atoms with Crippen molar-refractivity contribution < 1.29 is 19.8 Å². The first-order chi connectivity index (χ1) is 8.47. The second kappa shape index (κ2) is 6.39. The third-order valence-electron chi connectivity index (χ3n) is 2.38. The summed E-state index contributed by atoms with van der Waals surface area (Å²) < 4.78 is 0. The van der Waals surface area contributed by atoms with Crippen molar-refractivity contribution in [3.8, 4) is 5.75 Å². The van der Waals surface area contributed by atoms with Gasteiger partial charge in [0, 0.05) is 23.5 Å². The number of hydrogen-bond donors (Lipinski definition) is 3. The summed E-state index contributed by atoms with van der Waals surface area (Å²) >= 11 is 3.27. The van der Waals surface area contributed by atoms with Gasteiger partial charge in [-0.25, -0.2) is 4.79 Å². The fraction of sp³-hybridized carbons (Fsp3) is 0.333. The number of hydrogen-bond acceptors (Lipinski definition) is 3. The minimum absolute atomic E-state index is 0.159. The zero-order valence-electron chi connectivity index (χ0n) is 9.86. The lowest BCUT2D eigenvalue weighted by atomic mass is 10.0. The minimum atomic E-state index is -1.19. The summed E-state index contributed by atoms with van der Waals surface area (Å²) in [5.41, 5.74) is 0.740. The molecular formula is C12H14BrNO4. The Morgan fingerprint density at radius 1 is 1.39 bits per heavy atom. The lowest BCUT2D eigenvalue weighted by Gasteiger charge is -2.13. The highest BCUT2D eigenvalue weighted by atomic mass is 79.9. The van der Waals surface area contributed by atoms with Crippen molar-refractivity contribution in [2.24, 2.45) is 0 Å². The standard InChI is InChI=1S/C12H14BrNO4/c1-7(15)14-10-5-4-9(12(17)18)11(16)8(10)3-2-6-13/h4-5,16H,2-3,6H2,1H3,(H,14,15)(H,17,18). The summed E-state index contributed by atoms with van der Waals surface area (Å²) in [5, 5.41) is 22.2. The molecule has 18 heavy (non-hydrogen) atoms. The van der Waals surface area contributed by atoms with E-state index in [4.69, 9.17) is 5.11 Å². The molecule has 1 aromatic rings. The van der Waals surface area contributed by atoms with Gasteiger partial charge in [0.15, 0.2) is 0 Å². The molecule has 5 nitrogen and oxygen atoms in total. The molecule has 1 rings (SSSR count). The molecule has 6 heteroatoms. The van der Waals surface area contributed by atoms with Gasteiger partial charge in [-0.3, -0.25) is 4.79 Å². The van der Waals surface area contributed by atoms with Gasteiger partial charge < -0.3 is 15.5 Å². The SMILES string of the molecule is CC(=O)Nc1ccc(C(=O)O)c(O)c1CCCBr. The van der Waals surface area contributed by atoms with Crippen LogP contribution in [0.1, 0.15) is 29.3 Å². The number of rotatable bonds is 5. The Bertz CT molecular complexity index is 473. The predicted molar refractivity (Wildman–Crippen MR) is 71.5 cm³/mol. The number of aromatic hydroxyl groups is 1. The smallest absolute Gasteiger partial charge is 0.339 e. The largest absolute Gasteiger partial charge is 0.507 e. The summed E-state index contributed by atoms with van der Waals surface area (Å²) in [4.78, 5) is 22.0. The summed E-state index contributed by atoms with van der Waals surface area (Å²) in [7, 11) is 0. The van der Waals surface area contributed by atoms with E-state index in [0.717, 1.165) is 11.8 Å². The molecule has 0 aliphatic rings. The number of halogens is 1. The van der Waals surface area contributed by atoms with Crippen LogP contribution in [-0.4, -0.2) is 27.4 Å². The maximum atomic E-state index is 11.1. The van der Waals surface area contributed by atoms with Gasteiger partial charge in [-0.15, -0.1) is 0 Å². The van der Waals surface area contributed by atoms with Gasteiger partial charge in [-0.1, -0.05) is 15.9 Å². The maximum absolute atomic E-state index is 11.1. The van der Waals surface area contributed by atoms with E-state index in [2.05, 4.69) is 21.2 Å². The van der Waals surface area contributed by atoms with E-state index in [1.165, 1.54) is 19.1 Å². The van der Waals surface area contributed by atoms with Crippen LogP contribution < -0.4 is 5.32 Å². The predicted octanol–water partition coefficient (Wildman–Crippen LogP) is 2.38. The maximum Gasteiger partial charge on any atom is 0.339 e. The van der Waals surface area contributed by atoms with Crippen LogP contribution in [0.25, 0.3) is 0 Å². The molecule has 1 aromatic carbocycles. The molecule has 0 unspecified atom stereocenters. The van der Waals surface area contributed by atoms with Crippen LogP contribution in [0.5, 0.6) is 5.75 Å². The van der Waals surface area contributed by atoms with Crippen molar-refractivity contribution in [3.63, 3.8) is 0 Å². The van der Waals surface area contributed by atoms with Crippen LogP contribution in [0, 0.1) is 0 Å². The highest BCUT2D eigenvalue weighted by Gasteiger charge is 2.17. The second-order valence-corrected chi connectivity index (χ2v) is 4.56. The molecule has 0 saturated heterocycles. The van der Waals surface area contributed by atoms with Gasteiger partial charge in [-0.2, -0.15) is 0 Å². The Labute approximate surface area is 113 Å². The fourth-order valence-corrected chi connectivity index (χ4v) is 1.89. The third kappa shape index (κ3) is 3.46. The van der Waals surface area contributed by atoms with E-state index in [1.807, 2.05) is 0 Å². The van der Waals surface area contributed by atoms with Crippen molar-refractivity contribution in [1.29, 1.82) is 0 Å². The quantitative estimate of drug-likeness (QED) is 0.728. The highest BCUT2D eigenvalue weighted by molar-refractivity contribution is 9.09. The average molecular weight is 316 g/mol. The van der Waals surface area contributed by atoms with Crippen LogP contribution >= 0.6 is 15.9 Å². The molecule has 0 aliphatic heterocycles. The number of aromatic carboxylic acids is 1. The normalized spacial score (nSPS) is 10.1. The van der Waals surface area contributed by atoms with Crippen molar-refractivity contribution >= 4 is 33.5 Å². The lowest BCUT2D eigenvalue weighted by Crippen LogP contribution is -2.10. The van der Waals surface area contributed by atoms with Gasteiger partial charge in [-0.05, 0) is 25.0 Å². The monoisotopic (exact) mass is 315 g/mol. The molecule has 98 valence electrons. The molecule has 0 bridgehead atoms. The van der Waals surface area contributed by atoms with E-state index in [9.17, 15) is 14.7 Å². The number of anilines is 1. The summed E-state index contributed by atoms with van der Waals surface area (Å²) in [5.74, 6) is -1.74. The van der Waals surface area contributed by atoms with E-state index in [0.29, 0.717) is 17.7 Å². The van der Waals surface area contributed by atoms with Crippen molar-refractivity contribution in [2.45, 2.75) is 19.8 Å². The second-order valence-electron chi connectivity index (χ2n) is 3.77. The molecule has 1 amide bonds. The van der Waals surface area contributed by atoms with Crippen LogP contribution in [-0.2, 0) is 11.2 Å². The Morgan fingerprint density at radius 3 is 2.56 bits per heavy atom. The molecular weight excluding hydrogens is 302 g/mol. The molecule has 0 atom stereocenters. The Hall–Kier alpha value is -1.56. The van der Waals surface area contributed by atoms with Crippen LogP contribution in [0.2, 0.25) is 0 Å². The van der Waals surface area contributed by atoms with Crippen molar-refractivity contribution in [2.75, 3.05) is 10.6 Å². The van der Waals surface area contributed by atoms with Gasteiger partial charge in [0.05, 0.1) is 0 Å². The Kier molecular flexibility index (Phi) is 5.15. The first-order valence-corrected chi connectivity index (χ1v) is 6.51. The van der Waals surface area contributed by atoms with Gasteiger partial charge >= 0.3 is 5.97 Å². The average Bonchev–Trinajstić information content (AvgIpc) is 2.27. The summed E-state index contributed by atoms with van der Waals surface area (Å²) in [6.45, 7) is 1.36. The number of carbonyl (C=O) groups excluding carboxylic acids is 1. The Morgan fingerprint density at radius 2 is 2.06 bits per heavy atom. The van der Waals surface area contributed by atoms with E-state index in [-0.39, 0.29) is 17.2 Å². The number of amides is 1. The molecule has 0 spiro atoms. The lowest BCUT2D eigenvalue weighted by molar-refractivity contribution is -0.114. The molecule has 0 heterocycles. The summed E-state index contributed by atoms with van der Waals surface area (Å²) in [6.07, 6.45) is 1.21. The van der Waals surface area contributed by atoms with Crippen molar-refractivity contribution in [1.82, 2.24) is 0 Å². The van der Waals surface area contributed by atoms with E-state index >= 15 is 0 Å². The molecule has 3 N–H and O–H groups in total. The van der Waals surface area contributed by atoms with Crippen molar-refractivity contribution in [3.05, 3.63) is 23.3 Å². The minimum Gasteiger partial charge on any atom is -0.507 e. The number of phenols is 1. The number of nitrogens with one attached hydrogen (secondary N) is 1. The number of alkyl halides is 1. The molecule has 0 radical (unpaired) electrons. The van der Waals surface area contributed by atoms with E-state index < -0.39 is 5.97 Å². The molecule has 0 aromatic heterocycles. The van der Waals surface area contributed by atoms with Gasteiger partial charge in [0.2, 0.25) is 5.91 Å². The zero-order valence-corrected chi connectivity index (χ0v) is 11.5. The van der Waals surface area contributed by atoms with Crippen LogP contribution in [0.15, 0.2) is 12.1 Å². The number of carbonyl (C=O) groups is 2. The first kappa shape index (κ1) is 14.5. The molecule has 0 saturated carbocycles. The van der Waals surface area contributed by atoms with Crippen LogP contribution in [0.3, 0.4) is 0 Å². The fourth-order valence-electron chi connectivity index (χ4n) is 1.61. The number of carboxylic acids is 1. The van der Waals surface area contributed by atoms with Gasteiger partial charge in [0.1, 0.15) is 11.3 Å². The molecule has 0 aliphatic carbocycles. The number of carboxylic acid groups (broad SMARTS) is 1.